The van der Waals surface area contributed by atoms with Crippen LogP contribution in [0.4, 0.5) is 0 Å². The molecule has 0 spiro atoms. The minimum absolute atomic E-state index is 0.421. The third kappa shape index (κ3) is 2.19. The maximum Gasteiger partial charge on any atom is 0.105 e. The van der Waals surface area contributed by atoms with E-state index in [9.17, 15) is 5.11 Å². The quantitative estimate of drug-likeness (QED) is 0.912. The maximum atomic E-state index is 11.2. The van der Waals surface area contributed by atoms with E-state index in [1.54, 1.807) is 0 Å². The maximum absolute atomic E-state index is 11.2. The first-order chi connectivity index (χ1) is 10.3. The van der Waals surface area contributed by atoms with Crippen molar-refractivity contribution in [2.75, 3.05) is 19.6 Å². The monoisotopic (exact) mass is 279 g/mol. The predicted molar refractivity (Wildman–Crippen MR) is 84.9 cm³/mol. The van der Waals surface area contributed by atoms with Crippen molar-refractivity contribution in [3.63, 3.8) is 0 Å². The summed E-state index contributed by atoms with van der Waals surface area (Å²) in [6.07, 6.45) is 2.24. The van der Waals surface area contributed by atoms with Crippen molar-refractivity contribution in [1.29, 1.82) is 0 Å². The summed E-state index contributed by atoms with van der Waals surface area (Å²) < 4.78 is 0. The Morgan fingerprint density at radius 2 is 1.48 bits per heavy atom. The molecule has 0 amide bonds. The molecule has 3 aliphatic heterocycles. The van der Waals surface area contributed by atoms with E-state index in [0.717, 1.165) is 38.0 Å². The van der Waals surface area contributed by atoms with E-state index < -0.39 is 5.60 Å². The zero-order valence-corrected chi connectivity index (χ0v) is 12.2. The molecule has 1 N–H and O–H groups in total. The van der Waals surface area contributed by atoms with Crippen molar-refractivity contribution in [3.8, 4) is 11.1 Å². The minimum Gasteiger partial charge on any atom is -0.384 e. The molecule has 5 rings (SSSR count). The van der Waals surface area contributed by atoms with Crippen LogP contribution in [0.5, 0.6) is 0 Å². The fraction of sp³-hybridized carbons (Fsp3) is 0.368. The Bertz CT molecular complexity index is 614. The van der Waals surface area contributed by atoms with Gasteiger partial charge in [0.05, 0.1) is 0 Å². The molecule has 2 aromatic rings. The van der Waals surface area contributed by atoms with Crippen molar-refractivity contribution in [2.24, 2.45) is 5.92 Å². The highest BCUT2D eigenvalue weighted by Crippen LogP contribution is 2.42. The van der Waals surface area contributed by atoms with Gasteiger partial charge in [-0.25, -0.2) is 0 Å². The molecule has 21 heavy (non-hydrogen) atoms. The van der Waals surface area contributed by atoms with Gasteiger partial charge in [0.25, 0.3) is 0 Å². The van der Waals surface area contributed by atoms with Gasteiger partial charge in [-0.3, -0.25) is 0 Å². The fourth-order valence-electron chi connectivity index (χ4n) is 3.95. The van der Waals surface area contributed by atoms with Crippen LogP contribution in [0.2, 0.25) is 0 Å². The largest absolute Gasteiger partial charge is 0.384 e. The molecular weight excluding hydrogens is 258 g/mol. The average molecular weight is 279 g/mol. The number of hydrogen-bond donors (Lipinski definition) is 1. The molecule has 2 bridgehead atoms. The minimum atomic E-state index is -0.647. The lowest BCUT2D eigenvalue weighted by atomic mass is 9.71. The SMILES string of the molecule is O[C@@]1(c2ccc(-c3ccccc3)cc2)CN2CCC1CC2. The van der Waals surface area contributed by atoms with Gasteiger partial charge < -0.3 is 10.0 Å². The van der Waals surface area contributed by atoms with Gasteiger partial charge in [-0.1, -0.05) is 54.6 Å². The lowest BCUT2D eigenvalue weighted by molar-refractivity contribution is -0.117. The number of hydrogen-bond acceptors (Lipinski definition) is 2. The van der Waals surface area contributed by atoms with Crippen LogP contribution in [0.15, 0.2) is 54.6 Å². The Labute approximate surface area is 126 Å². The number of fused-ring (bicyclic) bond motifs is 3. The smallest absolute Gasteiger partial charge is 0.105 e. The van der Waals surface area contributed by atoms with E-state index in [1.807, 2.05) is 6.07 Å². The van der Waals surface area contributed by atoms with Crippen LogP contribution in [-0.4, -0.2) is 29.6 Å². The first kappa shape index (κ1) is 13.1. The van der Waals surface area contributed by atoms with Crippen molar-refractivity contribution in [2.45, 2.75) is 18.4 Å². The standard InChI is InChI=1S/C19H21NO/c21-19(14-20-12-10-18(19)11-13-20)17-8-6-16(7-9-17)15-4-2-1-3-5-15/h1-9,18,21H,10-14H2/t19-/m1/s1. The third-order valence-electron chi connectivity index (χ3n) is 5.22. The van der Waals surface area contributed by atoms with E-state index in [0.29, 0.717) is 5.92 Å². The van der Waals surface area contributed by atoms with Crippen molar-refractivity contribution >= 4 is 0 Å². The summed E-state index contributed by atoms with van der Waals surface area (Å²) >= 11 is 0. The van der Waals surface area contributed by atoms with Crippen LogP contribution in [0, 0.1) is 5.92 Å². The van der Waals surface area contributed by atoms with Crippen LogP contribution in [0.1, 0.15) is 18.4 Å². The van der Waals surface area contributed by atoms with Gasteiger partial charge in [-0.05, 0) is 48.5 Å². The summed E-state index contributed by atoms with van der Waals surface area (Å²) in [5.41, 5.74) is 2.87. The highest BCUT2D eigenvalue weighted by molar-refractivity contribution is 5.63. The highest BCUT2D eigenvalue weighted by Gasteiger charge is 2.46. The predicted octanol–water partition coefficient (Wildman–Crippen LogP) is 3.27. The number of benzene rings is 2. The second kappa shape index (κ2) is 4.97. The van der Waals surface area contributed by atoms with Gasteiger partial charge in [0.2, 0.25) is 0 Å². The number of piperidine rings is 3. The molecule has 0 radical (unpaired) electrons. The summed E-state index contributed by atoms with van der Waals surface area (Å²) in [6, 6.07) is 18.9. The molecule has 0 saturated carbocycles. The van der Waals surface area contributed by atoms with Gasteiger partial charge >= 0.3 is 0 Å². The summed E-state index contributed by atoms with van der Waals surface area (Å²) in [7, 11) is 0. The van der Waals surface area contributed by atoms with Gasteiger partial charge in [0, 0.05) is 6.54 Å². The molecule has 2 nitrogen and oxygen atoms in total. The molecule has 3 saturated heterocycles. The zero-order valence-electron chi connectivity index (χ0n) is 12.2. The van der Waals surface area contributed by atoms with Crippen LogP contribution in [0.25, 0.3) is 11.1 Å². The number of aliphatic hydroxyl groups is 1. The molecular formula is C19H21NO. The van der Waals surface area contributed by atoms with Crippen LogP contribution in [0.3, 0.4) is 0 Å². The van der Waals surface area contributed by atoms with Gasteiger partial charge in [-0.2, -0.15) is 0 Å². The van der Waals surface area contributed by atoms with Crippen LogP contribution >= 0.6 is 0 Å². The van der Waals surface area contributed by atoms with E-state index in [-0.39, 0.29) is 0 Å². The molecule has 0 aromatic heterocycles. The van der Waals surface area contributed by atoms with Crippen molar-refractivity contribution < 1.29 is 5.11 Å². The summed E-state index contributed by atoms with van der Waals surface area (Å²) in [5.74, 6) is 0.421. The van der Waals surface area contributed by atoms with Crippen molar-refractivity contribution in [1.82, 2.24) is 4.90 Å². The van der Waals surface area contributed by atoms with E-state index in [4.69, 9.17) is 0 Å². The molecule has 2 heteroatoms. The molecule has 0 unspecified atom stereocenters. The summed E-state index contributed by atoms with van der Waals surface area (Å²) in [5, 5.41) is 11.2. The van der Waals surface area contributed by atoms with Gasteiger partial charge in [-0.15, -0.1) is 0 Å². The van der Waals surface area contributed by atoms with Crippen LogP contribution in [-0.2, 0) is 5.60 Å². The molecule has 3 aliphatic rings. The van der Waals surface area contributed by atoms with E-state index >= 15 is 0 Å². The first-order valence-electron chi connectivity index (χ1n) is 7.86. The van der Waals surface area contributed by atoms with Gasteiger partial charge in [0.1, 0.15) is 5.60 Å². The summed E-state index contributed by atoms with van der Waals surface area (Å²) in [6.45, 7) is 3.09. The lowest BCUT2D eigenvalue weighted by Crippen LogP contribution is -2.57. The Balaban J connectivity index is 1.65. The molecule has 0 aliphatic carbocycles. The Kier molecular flexibility index (Phi) is 3.09. The summed E-state index contributed by atoms with van der Waals surface area (Å²) in [4.78, 5) is 2.39. The third-order valence-corrected chi connectivity index (χ3v) is 5.22. The highest BCUT2D eigenvalue weighted by atomic mass is 16.3. The molecule has 1 atom stereocenters. The fourth-order valence-corrected chi connectivity index (χ4v) is 3.95. The molecule has 3 heterocycles. The van der Waals surface area contributed by atoms with E-state index in [2.05, 4.69) is 53.4 Å². The second-order valence-corrected chi connectivity index (χ2v) is 6.42. The van der Waals surface area contributed by atoms with Crippen molar-refractivity contribution in [3.05, 3.63) is 60.2 Å². The Morgan fingerprint density at radius 1 is 0.857 bits per heavy atom. The van der Waals surface area contributed by atoms with Gasteiger partial charge in [0.15, 0.2) is 0 Å². The molecule has 3 fully saturated rings. The first-order valence-corrected chi connectivity index (χ1v) is 7.86. The normalized spacial score (nSPS) is 31.3. The zero-order chi connectivity index (χ0) is 14.3. The average Bonchev–Trinajstić information content (AvgIpc) is 2.57. The number of rotatable bonds is 2. The topological polar surface area (TPSA) is 23.5 Å². The second-order valence-electron chi connectivity index (χ2n) is 6.42. The Morgan fingerprint density at radius 3 is 2.05 bits per heavy atom. The van der Waals surface area contributed by atoms with E-state index in [1.165, 1.54) is 11.1 Å². The molecule has 2 aromatic carbocycles. The van der Waals surface area contributed by atoms with Crippen LogP contribution < -0.4 is 0 Å². The Hall–Kier alpha value is -1.64. The molecule has 108 valence electrons. The lowest BCUT2D eigenvalue weighted by Gasteiger charge is -2.50. The number of nitrogens with zero attached hydrogens (tertiary/aromatic N) is 1.